The summed E-state index contributed by atoms with van der Waals surface area (Å²) in [4.78, 5) is 18.2. The van der Waals surface area contributed by atoms with Crippen molar-refractivity contribution in [1.82, 2.24) is 30.1 Å². The summed E-state index contributed by atoms with van der Waals surface area (Å²) < 4.78 is 14.7. The first-order valence-corrected chi connectivity index (χ1v) is 9.57. The van der Waals surface area contributed by atoms with E-state index in [4.69, 9.17) is 5.73 Å². The maximum absolute atomic E-state index is 14.7. The molecule has 8 nitrogen and oxygen atoms in total. The van der Waals surface area contributed by atoms with Gasteiger partial charge >= 0.3 is 0 Å². The van der Waals surface area contributed by atoms with Crippen LogP contribution >= 0.6 is 0 Å². The van der Waals surface area contributed by atoms with Gasteiger partial charge in [-0.2, -0.15) is 10.1 Å². The number of aromatic amines is 2. The number of pyridine rings is 1. The Labute approximate surface area is 166 Å². The second-order valence-corrected chi connectivity index (χ2v) is 7.49. The molecule has 1 aliphatic rings. The van der Waals surface area contributed by atoms with Crippen molar-refractivity contribution < 1.29 is 4.39 Å². The normalized spacial score (nSPS) is 15.0. The van der Waals surface area contributed by atoms with Crippen LogP contribution in [-0.4, -0.2) is 37.2 Å². The SMILES string of the molecule is C[C@@H](c1ccc2[nH]ccc2n1)N(C)c1nc(N)c(F)c(-c2cc(C3CC3)[nH]n2)n1. The van der Waals surface area contributed by atoms with E-state index in [0.717, 1.165) is 35.3 Å². The standard InChI is InChI=1S/C20H21FN8/c1-10(12-5-6-13-14(24-12)7-8-23-13)29(2)20-25-18(17(21)19(22)26-20)16-9-15(27-28-16)11-3-4-11/h5-11,23H,3-4H2,1-2H3,(H,27,28)(H2,22,25,26)/t10-/m0/s1. The lowest BCUT2D eigenvalue weighted by Gasteiger charge is -2.25. The smallest absolute Gasteiger partial charge is 0.228 e. The van der Waals surface area contributed by atoms with Crippen LogP contribution in [-0.2, 0) is 0 Å². The van der Waals surface area contributed by atoms with E-state index in [1.54, 1.807) is 0 Å². The maximum atomic E-state index is 14.7. The summed E-state index contributed by atoms with van der Waals surface area (Å²) in [6.07, 6.45) is 4.10. The van der Waals surface area contributed by atoms with Gasteiger partial charge in [-0.05, 0) is 44.0 Å². The number of fused-ring (bicyclic) bond motifs is 1. The molecular formula is C20H21FN8. The van der Waals surface area contributed by atoms with Gasteiger partial charge in [0.15, 0.2) is 11.6 Å². The average molecular weight is 392 g/mol. The topological polar surface area (TPSA) is 112 Å². The molecule has 4 heterocycles. The van der Waals surface area contributed by atoms with Crippen LogP contribution in [0, 0.1) is 5.82 Å². The highest BCUT2D eigenvalue weighted by Crippen LogP contribution is 2.40. The quantitative estimate of drug-likeness (QED) is 0.479. The lowest BCUT2D eigenvalue weighted by atomic mass is 10.2. The van der Waals surface area contributed by atoms with Crippen molar-refractivity contribution in [3.05, 3.63) is 47.7 Å². The average Bonchev–Trinajstić information content (AvgIpc) is 3.27. The summed E-state index contributed by atoms with van der Waals surface area (Å²) in [6.45, 7) is 1.99. The highest BCUT2D eigenvalue weighted by Gasteiger charge is 2.27. The molecule has 4 aromatic rings. The van der Waals surface area contributed by atoms with Crippen molar-refractivity contribution in [2.24, 2.45) is 0 Å². The lowest BCUT2D eigenvalue weighted by molar-refractivity contribution is 0.618. The molecule has 0 spiro atoms. The summed E-state index contributed by atoms with van der Waals surface area (Å²) in [5, 5.41) is 7.22. The number of hydrogen-bond donors (Lipinski definition) is 3. The third-order valence-electron chi connectivity index (χ3n) is 5.47. The summed E-state index contributed by atoms with van der Waals surface area (Å²) in [5.74, 6) is -0.0574. The van der Waals surface area contributed by atoms with Crippen molar-refractivity contribution in [2.45, 2.75) is 31.7 Å². The summed E-state index contributed by atoms with van der Waals surface area (Å²) in [5.41, 5.74) is 10.1. The van der Waals surface area contributed by atoms with Gasteiger partial charge in [0.1, 0.15) is 11.4 Å². The summed E-state index contributed by atoms with van der Waals surface area (Å²) in [7, 11) is 1.84. The minimum absolute atomic E-state index is 0.101. The zero-order valence-corrected chi connectivity index (χ0v) is 16.1. The predicted octanol–water partition coefficient (Wildman–Crippen LogP) is 3.54. The third kappa shape index (κ3) is 3.08. The van der Waals surface area contributed by atoms with Gasteiger partial charge in [-0.3, -0.25) is 5.10 Å². The minimum Gasteiger partial charge on any atom is -0.381 e. The van der Waals surface area contributed by atoms with Crippen LogP contribution < -0.4 is 10.6 Å². The summed E-state index contributed by atoms with van der Waals surface area (Å²) in [6, 6.07) is 7.55. The molecule has 29 heavy (non-hydrogen) atoms. The molecule has 0 aromatic carbocycles. The van der Waals surface area contributed by atoms with Gasteiger partial charge in [0.05, 0.1) is 22.8 Å². The van der Waals surface area contributed by atoms with E-state index >= 15 is 0 Å². The molecule has 148 valence electrons. The summed E-state index contributed by atoms with van der Waals surface area (Å²) >= 11 is 0. The molecule has 4 aromatic heterocycles. The first kappa shape index (κ1) is 17.6. The van der Waals surface area contributed by atoms with Crippen molar-refractivity contribution in [1.29, 1.82) is 0 Å². The zero-order valence-electron chi connectivity index (χ0n) is 16.1. The van der Waals surface area contributed by atoms with Crippen LogP contribution in [0.1, 0.15) is 43.1 Å². The first-order valence-electron chi connectivity index (χ1n) is 9.57. The highest BCUT2D eigenvalue weighted by molar-refractivity contribution is 5.74. The van der Waals surface area contributed by atoms with E-state index in [-0.39, 0.29) is 17.6 Å². The number of nitrogens with one attached hydrogen (secondary N) is 2. The molecule has 0 saturated heterocycles. The Bertz CT molecular complexity index is 1190. The van der Waals surface area contributed by atoms with E-state index in [1.807, 2.05) is 49.3 Å². The van der Waals surface area contributed by atoms with Crippen LogP contribution in [0.2, 0.25) is 0 Å². The molecule has 0 radical (unpaired) electrons. The van der Waals surface area contributed by atoms with E-state index in [0.29, 0.717) is 17.6 Å². The molecule has 0 aliphatic heterocycles. The first-order chi connectivity index (χ1) is 14.0. The van der Waals surface area contributed by atoms with Crippen LogP contribution in [0.25, 0.3) is 22.4 Å². The fourth-order valence-corrected chi connectivity index (χ4v) is 3.40. The minimum atomic E-state index is -0.657. The number of nitrogens with two attached hydrogens (primary N) is 1. The fraction of sp³-hybridized carbons (Fsp3) is 0.300. The molecule has 5 rings (SSSR count). The number of aromatic nitrogens is 6. The van der Waals surface area contributed by atoms with Crippen LogP contribution in [0.5, 0.6) is 0 Å². The van der Waals surface area contributed by atoms with E-state index in [1.165, 1.54) is 0 Å². The van der Waals surface area contributed by atoms with Crippen LogP contribution in [0.3, 0.4) is 0 Å². The molecule has 1 aliphatic carbocycles. The lowest BCUT2D eigenvalue weighted by Crippen LogP contribution is -2.25. The number of halogens is 1. The maximum Gasteiger partial charge on any atom is 0.228 e. The molecule has 4 N–H and O–H groups in total. The number of anilines is 2. The molecule has 9 heteroatoms. The number of hydrogen-bond acceptors (Lipinski definition) is 6. The van der Waals surface area contributed by atoms with E-state index in [9.17, 15) is 4.39 Å². The van der Waals surface area contributed by atoms with Crippen LogP contribution in [0.15, 0.2) is 30.5 Å². The van der Waals surface area contributed by atoms with Crippen molar-refractivity contribution in [3.63, 3.8) is 0 Å². The molecule has 0 amide bonds. The number of nitrogens with zero attached hydrogens (tertiary/aromatic N) is 5. The molecule has 1 saturated carbocycles. The number of nitrogen functional groups attached to an aromatic ring is 1. The van der Waals surface area contributed by atoms with Crippen molar-refractivity contribution >= 4 is 22.8 Å². The van der Waals surface area contributed by atoms with Crippen molar-refractivity contribution in [2.75, 3.05) is 17.7 Å². The van der Waals surface area contributed by atoms with Crippen molar-refractivity contribution in [3.8, 4) is 11.4 Å². The largest absolute Gasteiger partial charge is 0.381 e. The Morgan fingerprint density at radius 3 is 2.83 bits per heavy atom. The second-order valence-electron chi connectivity index (χ2n) is 7.49. The monoisotopic (exact) mass is 392 g/mol. The van der Waals surface area contributed by atoms with Crippen LogP contribution in [0.4, 0.5) is 16.2 Å². The van der Waals surface area contributed by atoms with Gasteiger partial charge in [0.25, 0.3) is 0 Å². The number of rotatable bonds is 5. The van der Waals surface area contributed by atoms with Gasteiger partial charge in [-0.25, -0.2) is 14.4 Å². The fourth-order valence-electron chi connectivity index (χ4n) is 3.40. The molecule has 1 fully saturated rings. The Morgan fingerprint density at radius 2 is 2.03 bits per heavy atom. The Kier molecular flexibility index (Phi) is 3.97. The molecule has 0 bridgehead atoms. The Morgan fingerprint density at radius 1 is 1.21 bits per heavy atom. The Hall–Kier alpha value is -3.49. The van der Waals surface area contributed by atoms with E-state index < -0.39 is 5.82 Å². The van der Waals surface area contributed by atoms with Gasteiger partial charge < -0.3 is 15.6 Å². The second kappa shape index (κ2) is 6.54. The molecule has 0 unspecified atom stereocenters. The highest BCUT2D eigenvalue weighted by atomic mass is 19.1. The molecular weight excluding hydrogens is 371 g/mol. The van der Waals surface area contributed by atoms with Gasteiger partial charge in [0, 0.05) is 24.9 Å². The van der Waals surface area contributed by atoms with Gasteiger partial charge in [0.2, 0.25) is 5.95 Å². The predicted molar refractivity (Wildman–Crippen MR) is 109 cm³/mol. The molecule has 1 atom stereocenters. The van der Waals surface area contributed by atoms with Gasteiger partial charge in [-0.1, -0.05) is 0 Å². The zero-order chi connectivity index (χ0) is 20.1. The number of H-pyrrole nitrogens is 2. The Balaban J connectivity index is 1.49. The van der Waals surface area contributed by atoms with Gasteiger partial charge in [-0.15, -0.1) is 0 Å². The third-order valence-corrected chi connectivity index (χ3v) is 5.47. The van der Waals surface area contributed by atoms with E-state index in [2.05, 4.69) is 30.1 Å².